The minimum Gasteiger partial charge on any atom is -0.338 e. The maximum Gasteiger partial charge on any atom is 0.317 e. The SMILES string of the molecule is CC(C1CCCC1)N1CCCNC1=O. The molecule has 1 saturated heterocycles. The topological polar surface area (TPSA) is 32.3 Å². The van der Waals surface area contributed by atoms with Gasteiger partial charge in [0.2, 0.25) is 0 Å². The van der Waals surface area contributed by atoms with Crippen molar-refractivity contribution in [2.75, 3.05) is 13.1 Å². The fraction of sp³-hybridized carbons (Fsp3) is 0.909. The first-order valence-electron chi connectivity index (χ1n) is 5.83. The normalized spacial score (nSPS) is 26.4. The first-order chi connectivity index (χ1) is 6.79. The summed E-state index contributed by atoms with van der Waals surface area (Å²) in [7, 11) is 0. The molecule has 1 atom stereocenters. The molecule has 1 heterocycles. The van der Waals surface area contributed by atoms with Crippen LogP contribution in [0.5, 0.6) is 0 Å². The van der Waals surface area contributed by atoms with Crippen molar-refractivity contribution < 1.29 is 4.79 Å². The van der Waals surface area contributed by atoms with Crippen molar-refractivity contribution in [3.63, 3.8) is 0 Å². The highest BCUT2D eigenvalue weighted by Crippen LogP contribution is 2.30. The van der Waals surface area contributed by atoms with E-state index in [9.17, 15) is 4.79 Å². The van der Waals surface area contributed by atoms with Crippen LogP contribution >= 0.6 is 0 Å². The van der Waals surface area contributed by atoms with Crippen LogP contribution < -0.4 is 5.32 Å². The molecule has 2 rings (SSSR count). The zero-order valence-electron chi connectivity index (χ0n) is 8.96. The van der Waals surface area contributed by atoms with Crippen LogP contribution in [0.25, 0.3) is 0 Å². The van der Waals surface area contributed by atoms with Gasteiger partial charge in [-0.1, -0.05) is 12.8 Å². The maximum absolute atomic E-state index is 11.6. The summed E-state index contributed by atoms with van der Waals surface area (Å²) in [4.78, 5) is 13.6. The second kappa shape index (κ2) is 4.20. The Morgan fingerprint density at radius 1 is 1.36 bits per heavy atom. The summed E-state index contributed by atoms with van der Waals surface area (Å²) >= 11 is 0. The largest absolute Gasteiger partial charge is 0.338 e. The van der Waals surface area contributed by atoms with Gasteiger partial charge in [-0.2, -0.15) is 0 Å². The third-order valence-electron chi connectivity index (χ3n) is 3.69. The Morgan fingerprint density at radius 3 is 2.71 bits per heavy atom. The molecule has 0 bridgehead atoms. The molecule has 2 fully saturated rings. The minimum atomic E-state index is 0.149. The zero-order chi connectivity index (χ0) is 9.97. The van der Waals surface area contributed by atoms with Crippen LogP contribution in [0.3, 0.4) is 0 Å². The summed E-state index contributed by atoms with van der Waals surface area (Å²) in [6.07, 6.45) is 6.42. The molecule has 1 unspecified atom stereocenters. The zero-order valence-corrected chi connectivity index (χ0v) is 8.96. The molecule has 1 aliphatic carbocycles. The van der Waals surface area contributed by atoms with Crippen molar-refractivity contribution >= 4 is 6.03 Å². The molecular weight excluding hydrogens is 176 g/mol. The van der Waals surface area contributed by atoms with E-state index in [2.05, 4.69) is 12.2 Å². The van der Waals surface area contributed by atoms with E-state index in [1.807, 2.05) is 4.90 Å². The van der Waals surface area contributed by atoms with Crippen molar-refractivity contribution in [2.45, 2.75) is 45.1 Å². The number of hydrogen-bond acceptors (Lipinski definition) is 1. The van der Waals surface area contributed by atoms with Gasteiger partial charge in [0.05, 0.1) is 0 Å². The number of amides is 2. The highest BCUT2D eigenvalue weighted by Gasteiger charge is 2.30. The Hall–Kier alpha value is -0.730. The molecular formula is C11H20N2O. The van der Waals surface area contributed by atoms with Gasteiger partial charge < -0.3 is 10.2 Å². The molecule has 0 aromatic carbocycles. The van der Waals surface area contributed by atoms with Crippen LogP contribution in [0.15, 0.2) is 0 Å². The van der Waals surface area contributed by atoms with Crippen LogP contribution in [0.4, 0.5) is 4.79 Å². The number of carbonyl (C=O) groups excluding carboxylic acids is 1. The molecule has 0 spiro atoms. The molecule has 2 aliphatic rings. The second-order valence-electron chi connectivity index (χ2n) is 4.56. The van der Waals surface area contributed by atoms with Crippen LogP contribution in [0.1, 0.15) is 39.0 Å². The standard InChI is InChI=1S/C11H20N2O/c1-9(10-5-2-3-6-10)13-8-4-7-12-11(13)14/h9-10H,2-8H2,1H3,(H,12,14). The lowest BCUT2D eigenvalue weighted by atomic mass is 9.98. The number of nitrogens with zero attached hydrogens (tertiary/aromatic N) is 1. The quantitative estimate of drug-likeness (QED) is 0.719. The van der Waals surface area contributed by atoms with Gasteiger partial charge in [-0.25, -0.2) is 4.79 Å². The summed E-state index contributed by atoms with van der Waals surface area (Å²) in [5.41, 5.74) is 0. The number of urea groups is 1. The molecule has 1 N–H and O–H groups in total. The van der Waals surface area contributed by atoms with Gasteiger partial charge in [0.15, 0.2) is 0 Å². The second-order valence-corrected chi connectivity index (χ2v) is 4.56. The fourth-order valence-corrected chi connectivity index (χ4v) is 2.73. The van der Waals surface area contributed by atoms with Gasteiger partial charge >= 0.3 is 6.03 Å². The van der Waals surface area contributed by atoms with Crippen molar-refractivity contribution in [3.05, 3.63) is 0 Å². The molecule has 0 radical (unpaired) electrons. The van der Waals surface area contributed by atoms with Crippen LogP contribution in [0, 0.1) is 5.92 Å². The van der Waals surface area contributed by atoms with Crippen LogP contribution in [-0.2, 0) is 0 Å². The first-order valence-corrected chi connectivity index (χ1v) is 5.83. The highest BCUT2D eigenvalue weighted by atomic mass is 16.2. The summed E-state index contributed by atoms with van der Waals surface area (Å²) in [5.74, 6) is 0.749. The number of rotatable bonds is 2. The lowest BCUT2D eigenvalue weighted by molar-refractivity contribution is 0.142. The fourth-order valence-electron chi connectivity index (χ4n) is 2.73. The Bertz CT molecular complexity index is 211. The van der Waals surface area contributed by atoms with E-state index < -0.39 is 0 Å². The first kappa shape index (κ1) is 9.81. The summed E-state index contributed by atoms with van der Waals surface area (Å²) in [6, 6.07) is 0.591. The molecule has 3 heteroatoms. The molecule has 80 valence electrons. The van der Waals surface area contributed by atoms with Gasteiger partial charge in [-0.15, -0.1) is 0 Å². The van der Waals surface area contributed by atoms with Crippen LogP contribution in [0.2, 0.25) is 0 Å². The van der Waals surface area contributed by atoms with E-state index >= 15 is 0 Å². The minimum absolute atomic E-state index is 0.149. The Kier molecular flexibility index (Phi) is 2.94. The van der Waals surface area contributed by atoms with Gasteiger partial charge in [-0.3, -0.25) is 0 Å². The average Bonchev–Trinajstić information content (AvgIpc) is 2.70. The van der Waals surface area contributed by atoms with Gasteiger partial charge in [0.25, 0.3) is 0 Å². The predicted molar refractivity (Wildman–Crippen MR) is 56.1 cm³/mol. The molecule has 2 amide bonds. The van der Waals surface area contributed by atoms with Crippen LogP contribution in [-0.4, -0.2) is 30.1 Å². The van der Waals surface area contributed by atoms with E-state index in [1.165, 1.54) is 25.7 Å². The van der Waals surface area contributed by atoms with E-state index in [0.29, 0.717) is 6.04 Å². The number of nitrogens with one attached hydrogen (secondary N) is 1. The van der Waals surface area contributed by atoms with Gasteiger partial charge in [0.1, 0.15) is 0 Å². The van der Waals surface area contributed by atoms with Crippen molar-refractivity contribution in [1.29, 1.82) is 0 Å². The molecule has 0 aromatic heterocycles. The molecule has 1 saturated carbocycles. The van der Waals surface area contributed by atoms with Crippen molar-refractivity contribution in [2.24, 2.45) is 5.92 Å². The van der Waals surface area contributed by atoms with Crippen molar-refractivity contribution in [1.82, 2.24) is 10.2 Å². The molecule has 0 aromatic rings. The summed E-state index contributed by atoms with van der Waals surface area (Å²) < 4.78 is 0. The highest BCUT2D eigenvalue weighted by molar-refractivity contribution is 5.75. The van der Waals surface area contributed by atoms with Crippen molar-refractivity contribution in [3.8, 4) is 0 Å². The van der Waals surface area contributed by atoms with Gasteiger partial charge in [0, 0.05) is 19.1 Å². The maximum atomic E-state index is 11.6. The van der Waals surface area contributed by atoms with Gasteiger partial charge in [-0.05, 0) is 32.1 Å². The summed E-state index contributed by atoms with van der Waals surface area (Å²) in [5, 5.41) is 2.92. The van der Waals surface area contributed by atoms with E-state index in [1.54, 1.807) is 0 Å². The lowest BCUT2D eigenvalue weighted by Gasteiger charge is -2.36. The smallest absolute Gasteiger partial charge is 0.317 e. The Labute approximate surface area is 85.8 Å². The van der Waals surface area contributed by atoms with E-state index in [0.717, 1.165) is 25.4 Å². The predicted octanol–water partition coefficient (Wildman–Crippen LogP) is 1.98. The molecule has 3 nitrogen and oxygen atoms in total. The molecule has 14 heavy (non-hydrogen) atoms. The lowest BCUT2D eigenvalue weighted by Crippen LogP contribution is -2.52. The average molecular weight is 196 g/mol. The van der Waals surface area contributed by atoms with E-state index in [4.69, 9.17) is 0 Å². The summed E-state index contributed by atoms with van der Waals surface area (Å²) in [6.45, 7) is 4.01. The number of hydrogen-bond donors (Lipinski definition) is 1. The van der Waals surface area contributed by atoms with E-state index in [-0.39, 0.29) is 6.03 Å². The number of carbonyl (C=O) groups is 1. The monoisotopic (exact) mass is 196 g/mol. The Balaban J connectivity index is 1.94. The molecule has 1 aliphatic heterocycles. The third-order valence-corrected chi connectivity index (χ3v) is 3.69. The third kappa shape index (κ3) is 1.86. The Morgan fingerprint density at radius 2 is 2.07 bits per heavy atom.